The number of hydrogen-bond acceptors (Lipinski definition) is 4. The molecule has 2 N–H and O–H groups in total. The molecule has 0 saturated heterocycles. The van der Waals surface area contributed by atoms with Crippen LogP contribution in [0.2, 0.25) is 0 Å². The minimum atomic E-state index is -0.784. The Morgan fingerprint density at radius 1 is 1.25 bits per heavy atom. The van der Waals surface area contributed by atoms with Gasteiger partial charge < -0.3 is 10.4 Å². The molecule has 0 unspecified atom stereocenters. The normalized spacial score (nSPS) is 13.3. The van der Waals surface area contributed by atoms with Crippen molar-refractivity contribution < 1.29 is 9.50 Å². The second kappa shape index (κ2) is 6.13. The molecule has 5 heteroatoms. The van der Waals surface area contributed by atoms with Crippen molar-refractivity contribution in [3.05, 3.63) is 59.5 Å². The van der Waals surface area contributed by atoms with Gasteiger partial charge in [-0.2, -0.15) is 5.26 Å². The summed E-state index contributed by atoms with van der Waals surface area (Å²) in [6.45, 7) is 1.80. The number of anilines is 1. The van der Waals surface area contributed by atoms with Crippen LogP contribution in [0.5, 0.6) is 0 Å². The van der Waals surface area contributed by atoms with Crippen molar-refractivity contribution in [1.29, 1.82) is 5.26 Å². The van der Waals surface area contributed by atoms with Gasteiger partial charge >= 0.3 is 0 Å². The molecule has 0 aliphatic carbocycles. The lowest BCUT2D eigenvalue weighted by Crippen LogP contribution is -2.24. The fourth-order valence-corrected chi connectivity index (χ4v) is 1.81. The summed E-state index contributed by atoms with van der Waals surface area (Å²) in [6, 6.07) is 10.7. The smallest absolute Gasteiger partial charge is 0.126 e. The van der Waals surface area contributed by atoms with Gasteiger partial charge in [0.2, 0.25) is 0 Å². The minimum absolute atomic E-state index is 0.305. The molecule has 1 aromatic heterocycles. The Balaban J connectivity index is 2.05. The van der Waals surface area contributed by atoms with Crippen LogP contribution in [-0.2, 0) is 0 Å². The first kappa shape index (κ1) is 14.0. The van der Waals surface area contributed by atoms with E-state index in [1.54, 1.807) is 31.2 Å². The van der Waals surface area contributed by atoms with Gasteiger partial charge in [-0.3, -0.25) is 0 Å². The molecule has 0 fully saturated rings. The molecular weight excluding hydrogens is 257 g/mol. The van der Waals surface area contributed by atoms with Gasteiger partial charge in [0, 0.05) is 6.20 Å². The zero-order valence-electron chi connectivity index (χ0n) is 10.9. The fourth-order valence-electron chi connectivity index (χ4n) is 1.81. The van der Waals surface area contributed by atoms with E-state index in [1.165, 1.54) is 18.3 Å². The lowest BCUT2D eigenvalue weighted by Gasteiger charge is -2.21. The van der Waals surface area contributed by atoms with Gasteiger partial charge in [-0.1, -0.05) is 12.1 Å². The number of aromatic nitrogens is 1. The molecule has 0 aliphatic heterocycles. The first-order chi connectivity index (χ1) is 9.60. The van der Waals surface area contributed by atoms with Gasteiger partial charge in [0.05, 0.1) is 17.7 Å². The van der Waals surface area contributed by atoms with Gasteiger partial charge in [0.25, 0.3) is 0 Å². The van der Waals surface area contributed by atoms with Crippen LogP contribution in [0.1, 0.15) is 24.2 Å². The summed E-state index contributed by atoms with van der Waals surface area (Å²) in [5.74, 6) is 0.230. The molecule has 2 rings (SSSR count). The number of hydrogen-bond donors (Lipinski definition) is 2. The molecule has 4 nitrogen and oxygen atoms in total. The maximum atomic E-state index is 12.8. The second-order valence-corrected chi connectivity index (χ2v) is 4.47. The summed E-state index contributed by atoms with van der Waals surface area (Å²) < 4.78 is 12.8. The molecule has 0 radical (unpaired) electrons. The monoisotopic (exact) mass is 271 g/mol. The van der Waals surface area contributed by atoms with Crippen LogP contribution in [-0.4, -0.2) is 16.1 Å². The number of nitrogens with zero attached hydrogens (tertiary/aromatic N) is 2. The highest BCUT2D eigenvalue weighted by Gasteiger charge is 2.16. The molecule has 102 valence electrons. The summed E-state index contributed by atoms with van der Waals surface area (Å²) in [6.07, 6.45) is 0.673. The van der Waals surface area contributed by atoms with Crippen LogP contribution in [0, 0.1) is 17.1 Å². The summed E-state index contributed by atoms with van der Waals surface area (Å²) in [4.78, 5) is 4.07. The number of aliphatic hydroxyl groups is 1. The predicted molar refractivity (Wildman–Crippen MR) is 73.4 cm³/mol. The number of rotatable bonds is 4. The number of halogens is 1. The van der Waals surface area contributed by atoms with Crippen molar-refractivity contribution in [3.63, 3.8) is 0 Å². The van der Waals surface area contributed by atoms with Gasteiger partial charge in [-0.25, -0.2) is 9.37 Å². The van der Waals surface area contributed by atoms with Crippen molar-refractivity contribution in [2.75, 3.05) is 5.32 Å². The van der Waals surface area contributed by atoms with Crippen LogP contribution in [0.25, 0.3) is 0 Å². The van der Waals surface area contributed by atoms with Crippen molar-refractivity contribution >= 4 is 5.82 Å². The Morgan fingerprint density at radius 2 is 1.95 bits per heavy atom. The molecular formula is C15H14FN3O. The van der Waals surface area contributed by atoms with Crippen LogP contribution in [0.3, 0.4) is 0 Å². The third-order valence-corrected chi connectivity index (χ3v) is 2.95. The predicted octanol–water partition coefficient (Wildman–Crippen LogP) is 2.63. The zero-order chi connectivity index (χ0) is 14.5. The topological polar surface area (TPSA) is 68.9 Å². The lowest BCUT2D eigenvalue weighted by molar-refractivity contribution is 0.160. The van der Waals surface area contributed by atoms with Gasteiger partial charge in [0.1, 0.15) is 17.7 Å². The molecule has 0 aliphatic rings. The molecule has 1 aromatic carbocycles. The summed E-state index contributed by atoms with van der Waals surface area (Å²) >= 11 is 0. The number of pyridine rings is 1. The average molecular weight is 271 g/mol. The SMILES string of the molecule is C[C@H](Nc1ccc(C#N)cn1)[C@H](O)c1ccc(F)cc1. The third-order valence-electron chi connectivity index (χ3n) is 2.95. The molecule has 2 atom stereocenters. The molecule has 20 heavy (non-hydrogen) atoms. The van der Waals surface area contributed by atoms with Crippen molar-refractivity contribution in [2.24, 2.45) is 0 Å². The molecule has 0 amide bonds. The van der Waals surface area contributed by atoms with E-state index < -0.39 is 6.10 Å². The molecule has 0 spiro atoms. The number of nitrogens with one attached hydrogen (secondary N) is 1. The van der Waals surface area contributed by atoms with Crippen LogP contribution < -0.4 is 5.32 Å². The number of benzene rings is 1. The fraction of sp³-hybridized carbons (Fsp3) is 0.200. The van der Waals surface area contributed by atoms with E-state index >= 15 is 0 Å². The number of nitriles is 1. The van der Waals surface area contributed by atoms with E-state index in [0.29, 0.717) is 16.9 Å². The molecule has 0 saturated carbocycles. The first-order valence-corrected chi connectivity index (χ1v) is 6.16. The van der Waals surface area contributed by atoms with E-state index in [-0.39, 0.29) is 11.9 Å². The molecule has 1 heterocycles. The lowest BCUT2D eigenvalue weighted by atomic mass is 10.0. The Kier molecular flexibility index (Phi) is 4.28. The Hall–Kier alpha value is -2.45. The van der Waals surface area contributed by atoms with E-state index in [0.717, 1.165) is 0 Å². The van der Waals surface area contributed by atoms with Crippen LogP contribution in [0.4, 0.5) is 10.2 Å². The van der Waals surface area contributed by atoms with Gasteiger partial charge in [-0.15, -0.1) is 0 Å². The minimum Gasteiger partial charge on any atom is -0.386 e. The Labute approximate surface area is 116 Å². The summed E-state index contributed by atoms with van der Waals surface area (Å²) in [5.41, 5.74) is 1.10. The summed E-state index contributed by atoms with van der Waals surface area (Å²) in [7, 11) is 0. The quantitative estimate of drug-likeness (QED) is 0.897. The maximum absolute atomic E-state index is 12.8. The highest BCUT2D eigenvalue weighted by molar-refractivity contribution is 5.40. The van der Waals surface area contributed by atoms with Crippen molar-refractivity contribution in [1.82, 2.24) is 4.98 Å². The second-order valence-electron chi connectivity index (χ2n) is 4.47. The van der Waals surface area contributed by atoms with E-state index in [1.807, 2.05) is 6.07 Å². The molecule has 2 aromatic rings. The van der Waals surface area contributed by atoms with Crippen LogP contribution >= 0.6 is 0 Å². The number of aliphatic hydroxyl groups excluding tert-OH is 1. The third kappa shape index (κ3) is 3.31. The standard InChI is InChI=1S/C15H14FN3O/c1-10(15(20)12-3-5-13(16)6-4-12)19-14-7-2-11(8-17)9-18-14/h2-7,9-10,15,20H,1H3,(H,18,19)/t10-,15-/m0/s1. The van der Waals surface area contributed by atoms with Gasteiger partial charge in [-0.05, 0) is 36.8 Å². The van der Waals surface area contributed by atoms with Crippen molar-refractivity contribution in [3.8, 4) is 6.07 Å². The largest absolute Gasteiger partial charge is 0.386 e. The van der Waals surface area contributed by atoms with E-state index in [4.69, 9.17) is 5.26 Å². The summed E-state index contributed by atoms with van der Waals surface area (Å²) in [5, 5.41) is 21.9. The van der Waals surface area contributed by atoms with Gasteiger partial charge in [0.15, 0.2) is 0 Å². The Bertz CT molecular complexity index is 605. The first-order valence-electron chi connectivity index (χ1n) is 6.16. The van der Waals surface area contributed by atoms with E-state index in [2.05, 4.69) is 10.3 Å². The molecule has 0 bridgehead atoms. The Morgan fingerprint density at radius 3 is 2.50 bits per heavy atom. The van der Waals surface area contributed by atoms with Crippen molar-refractivity contribution in [2.45, 2.75) is 19.1 Å². The maximum Gasteiger partial charge on any atom is 0.126 e. The van der Waals surface area contributed by atoms with E-state index in [9.17, 15) is 9.50 Å². The highest BCUT2D eigenvalue weighted by Crippen LogP contribution is 2.19. The zero-order valence-corrected chi connectivity index (χ0v) is 10.9. The average Bonchev–Trinajstić information content (AvgIpc) is 2.48. The van der Waals surface area contributed by atoms with Crippen LogP contribution in [0.15, 0.2) is 42.6 Å². The highest BCUT2D eigenvalue weighted by atomic mass is 19.1.